The van der Waals surface area contributed by atoms with Gasteiger partial charge in [-0.3, -0.25) is 20.4 Å². The van der Waals surface area contributed by atoms with Crippen molar-refractivity contribution >= 4 is 57.6 Å². The summed E-state index contributed by atoms with van der Waals surface area (Å²) in [6.07, 6.45) is 0. The van der Waals surface area contributed by atoms with Gasteiger partial charge in [0.15, 0.2) is 0 Å². The fraction of sp³-hybridized carbons (Fsp3) is 0.0667. The van der Waals surface area contributed by atoms with Gasteiger partial charge in [-0.05, 0) is 65.4 Å². The molecule has 0 aromatic heterocycles. The highest BCUT2D eigenvalue weighted by Crippen LogP contribution is 2.20. The molecule has 2 aromatic rings. The van der Waals surface area contributed by atoms with Gasteiger partial charge in [0.05, 0.1) is 10.6 Å². The number of rotatable bonds is 2. The Morgan fingerprint density at radius 3 is 2.32 bits per heavy atom. The van der Waals surface area contributed by atoms with Crippen LogP contribution in [0.2, 0.25) is 10.0 Å². The fourth-order valence-corrected chi connectivity index (χ4v) is 2.67. The molecule has 2 aromatic carbocycles. The Labute approximate surface area is 151 Å². The molecule has 0 spiro atoms. The molecule has 114 valence electrons. The van der Waals surface area contributed by atoms with Gasteiger partial charge in [-0.15, -0.1) is 0 Å². The summed E-state index contributed by atoms with van der Waals surface area (Å²) in [5.74, 6) is -0.923. The summed E-state index contributed by atoms with van der Waals surface area (Å²) in [6, 6.07) is 9.77. The smallest absolute Gasteiger partial charge is 0.267 e. The lowest BCUT2D eigenvalue weighted by atomic mass is 10.1. The van der Waals surface area contributed by atoms with Gasteiger partial charge >= 0.3 is 0 Å². The molecular formula is C15H11Cl2IN2O2. The van der Waals surface area contributed by atoms with E-state index >= 15 is 0 Å². The first-order chi connectivity index (χ1) is 10.4. The molecule has 0 fully saturated rings. The van der Waals surface area contributed by atoms with E-state index in [1.807, 2.05) is 13.0 Å². The molecule has 0 unspecified atom stereocenters. The number of hydrogen-bond acceptors (Lipinski definition) is 2. The minimum atomic E-state index is -0.517. The Kier molecular flexibility index (Phi) is 5.66. The number of carbonyl (C=O) groups excluding carboxylic acids is 2. The third-order valence-electron chi connectivity index (χ3n) is 2.90. The van der Waals surface area contributed by atoms with Crippen molar-refractivity contribution in [1.82, 2.24) is 10.9 Å². The predicted molar refractivity (Wildman–Crippen MR) is 95.3 cm³/mol. The van der Waals surface area contributed by atoms with Crippen molar-refractivity contribution in [3.05, 3.63) is 66.7 Å². The van der Waals surface area contributed by atoms with E-state index in [1.54, 1.807) is 18.2 Å². The lowest BCUT2D eigenvalue weighted by molar-refractivity contribution is 0.0846. The van der Waals surface area contributed by atoms with Gasteiger partial charge in [-0.2, -0.15) is 0 Å². The number of halogens is 3. The number of carbonyl (C=O) groups is 2. The maximum Gasteiger partial charge on any atom is 0.271 e. The van der Waals surface area contributed by atoms with Crippen molar-refractivity contribution in [3.63, 3.8) is 0 Å². The number of hydrogen-bond donors (Lipinski definition) is 2. The van der Waals surface area contributed by atoms with Crippen LogP contribution in [0.3, 0.4) is 0 Å². The average Bonchev–Trinajstić information content (AvgIpc) is 2.47. The van der Waals surface area contributed by atoms with Crippen LogP contribution in [0.15, 0.2) is 36.4 Å². The lowest BCUT2D eigenvalue weighted by Gasteiger charge is -2.09. The zero-order valence-corrected chi connectivity index (χ0v) is 15.1. The third-order valence-corrected chi connectivity index (χ3v) is 4.61. The predicted octanol–water partition coefficient (Wildman–Crippen LogP) is 3.98. The number of nitrogens with one attached hydrogen (secondary N) is 2. The quantitative estimate of drug-likeness (QED) is 0.539. The van der Waals surface area contributed by atoms with Gasteiger partial charge in [0.2, 0.25) is 0 Å². The average molecular weight is 449 g/mol. The summed E-state index contributed by atoms with van der Waals surface area (Å²) < 4.78 is 0.970. The van der Waals surface area contributed by atoms with Crippen LogP contribution < -0.4 is 10.9 Å². The van der Waals surface area contributed by atoms with Crippen molar-refractivity contribution < 1.29 is 9.59 Å². The largest absolute Gasteiger partial charge is 0.271 e. The molecule has 0 saturated heterocycles. The van der Waals surface area contributed by atoms with Gasteiger partial charge < -0.3 is 0 Å². The first kappa shape index (κ1) is 17.1. The van der Waals surface area contributed by atoms with Crippen LogP contribution in [0.5, 0.6) is 0 Å². The van der Waals surface area contributed by atoms with Crippen LogP contribution >= 0.6 is 45.8 Å². The molecule has 0 bridgehead atoms. The van der Waals surface area contributed by atoms with E-state index < -0.39 is 11.8 Å². The Balaban J connectivity index is 2.04. The van der Waals surface area contributed by atoms with Crippen LogP contribution in [0.4, 0.5) is 0 Å². The topological polar surface area (TPSA) is 58.2 Å². The van der Waals surface area contributed by atoms with Crippen LogP contribution in [-0.2, 0) is 0 Å². The minimum Gasteiger partial charge on any atom is -0.267 e. The van der Waals surface area contributed by atoms with Crippen molar-refractivity contribution in [2.24, 2.45) is 0 Å². The van der Waals surface area contributed by atoms with E-state index in [1.165, 1.54) is 12.1 Å². The highest BCUT2D eigenvalue weighted by Gasteiger charge is 2.13. The SMILES string of the molecule is Cc1ccc(C(=O)NNC(=O)c2ccc(Cl)cc2Cl)cc1I. The van der Waals surface area contributed by atoms with E-state index in [9.17, 15) is 9.59 Å². The first-order valence-corrected chi connectivity index (χ1v) is 8.04. The van der Waals surface area contributed by atoms with Crippen LogP contribution in [0.1, 0.15) is 26.3 Å². The highest BCUT2D eigenvalue weighted by atomic mass is 127. The summed E-state index contributed by atoms with van der Waals surface area (Å²) in [6.45, 7) is 1.95. The van der Waals surface area contributed by atoms with Crippen molar-refractivity contribution in [2.75, 3.05) is 0 Å². The summed E-state index contributed by atoms with van der Waals surface area (Å²) in [4.78, 5) is 24.0. The zero-order valence-electron chi connectivity index (χ0n) is 11.4. The van der Waals surface area contributed by atoms with E-state index in [2.05, 4.69) is 33.4 Å². The number of aryl methyl sites for hydroxylation is 1. The molecule has 2 amide bonds. The van der Waals surface area contributed by atoms with E-state index in [-0.39, 0.29) is 10.6 Å². The van der Waals surface area contributed by atoms with Crippen LogP contribution in [0.25, 0.3) is 0 Å². The molecule has 0 heterocycles. The third kappa shape index (κ3) is 4.12. The van der Waals surface area contributed by atoms with Crippen molar-refractivity contribution in [3.8, 4) is 0 Å². The monoisotopic (exact) mass is 448 g/mol. The maximum atomic E-state index is 12.0. The van der Waals surface area contributed by atoms with Gasteiger partial charge in [0.1, 0.15) is 0 Å². The Bertz CT molecular complexity index is 750. The molecule has 22 heavy (non-hydrogen) atoms. The van der Waals surface area contributed by atoms with Gasteiger partial charge in [0.25, 0.3) is 11.8 Å². The van der Waals surface area contributed by atoms with Gasteiger partial charge in [-0.1, -0.05) is 29.3 Å². The molecule has 0 aliphatic heterocycles. The molecule has 0 aliphatic carbocycles. The molecule has 0 radical (unpaired) electrons. The second kappa shape index (κ2) is 7.30. The number of benzene rings is 2. The first-order valence-electron chi connectivity index (χ1n) is 6.20. The number of amides is 2. The highest BCUT2D eigenvalue weighted by molar-refractivity contribution is 14.1. The van der Waals surface area contributed by atoms with Gasteiger partial charge in [-0.25, -0.2) is 0 Å². The van der Waals surface area contributed by atoms with Crippen molar-refractivity contribution in [2.45, 2.75) is 6.92 Å². The second-order valence-electron chi connectivity index (χ2n) is 4.50. The second-order valence-corrected chi connectivity index (χ2v) is 6.50. The maximum absolute atomic E-state index is 12.0. The normalized spacial score (nSPS) is 10.2. The summed E-state index contributed by atoms with van der Waals surface area (Å²) in [5.41, 5.74) is 6.44. The molecule has 0 atom stereocenters. The Morgan fingerprint density at radius 2 is 1.68 bits per heavy atom. The van der Waals surface area contributed by atoms with E-state index in [4.69, 9.17) is 23.2 Å². The molecule has 0 saturated carbocycles. The summed E-state index contributed by atoms with van der Waals surface area (Å²) in [5, 5.41) is 0.643. The minimum absolute atomic E-state index is 0.212. The van der Waals surface area contributed by atoms with Gasteiger partial charge in [0, 0.05) is 14.2 Å². The Hall–Kier alpha value is -1.31. The summed E-state index contributed by atoms with van der Waals surface area (Å²) >= 11 is 13.9. The van der Waals surface area contributed by atoms with E-state index in [0.29, 0.717) is 10.6 Å². The van der Waals surface area contributed by atoms with Crippen LogP contribution in [-0.4, -0.2) is 11.8 Å². The van der Waals surface area contributed by atoms with Crippen molar-refractivity contribution in [1.29, 1.82) is 0 Å². The molecular weight excluding hydrogens is 438 g/mol. The molecule has 7 heteroatoms. The molecule has 0 aliphatic rings. The summed E-state index contributed by atoms with van der Waals surface area (Å²) in [7, 11) is 0. The fourth-order valence-electron chi connectivity index (χ4n) is 1.66. The standard InChI is InChI=1S/C15H11Cl2IN2O2/c1-8-2-3-9(6-13(8)18)14(21)19-20-15(22)11-5-4-10(16)7-12(11)17/h2-7H,1H3,(H,19,21)(H,20,22). The molecule has 2 rings (SSSR count). The molecule has 4 nitrogen and oxygen atoms in total. The number of hydrazine groups is 1. The van der Waals surface area contributed by atoms with Crippen LogP contribution in [0, 0.1) is 10.5 Å². The lowest BCUT2D eigenvalue weighted by Crippen LogP contribution is -2.41. The van der Waals surface area contributed by atoms with E-state index in [0.717, 1.165) is 9.13 Å². The Morgan fingerprint density at radius 1 is 1.00 bits per heavy atom. The molecule has 2 N–H and O–H groups in total. The zero-order chi connectivity index (χ0) is 16.3.